The first-order valence-corrected chi connectivity index (χ1v) is 7.73. The Labute approximate surface area is 124 Å². The highest BCUT2D eigenvalue weighted by Crippen LogP contribution is 2.17. The second kappa shape index (κ2) is 7.10. The maximum Gasteiger partial charge on any atom is 0.251 e. The molecule has 1 heterocycles. The van der Waals surface area contributed by atoms with Crippen molar-refractivity contribution in [2.75, 3.05) is 11.9 Å². The highest BCUT2D eigenvalue weighted by atomic mass is 32.1. The molecule has 0 aliphatic carbocycles. The van der Waals surface area contributed by atoms with Crippen LogP contribution in [0.1, 0.15) is 34.1 Å². The Bertz CT molecular complexity index is 564. The van der Waals surface area contributed by atoms with Crippen LogP contribution in [0.3, 0.4) is 0 Å². The zero-order valence-electron chi connectivity index (χ0n) is 11.9. The van der Waals surface area contributed by atoms with Crippen LogP contribution in [0, 0.1) is 6.92 Å². The van der Waals surface area contributed by atoms with E-state index in [0.717, 1.165) is 29.1 Å². The Kier molecular flexibility index (Phi) is 5.18. The molecule has 1 aromatic heterocycles. The number of nitrogens with one attached hydrogen (secondary N) is 2. The molecule has 0 unspecified atom stereocenters. The van der Waals surface area contributed by atoms with Crippen LogP contribution in [0.25, 0.3) is 0 Å². The fraction of sp³-hybridized carbons (Fsp3) is 0.312. The lowest BCUT2D eigenvalue weighted by Crippen LogP contribution is -2.22. The largest absolute Gasteiger partial charge is 0.385 e. The van der Waals surface area contributed by atoms with Gasteiger partial charge < -0.3 is 10.6 Å². The van der Waals surface area contributed by atoms with Crippen LogP contribution in [0.5, 0.6) is 0 Å². The topological polar surface area (TPSA) is 41.1 Å². The zero-order chi connectivity index (χ0) is 14.4. The molecule has 1 amide bonds. The standard InChI is InChI=1S/C16H20N2OS/c1-3-8-17-15-7-6-13(10-12(15)2)16(19)18-11-14-5-4-9-20-14/h4-7,9-10,17H,3,8,11H2,1-2H3,(H,18,19). The van der Waals surface area contributed by atoms with Crippen molar-refractivity contribution >= 4 is 22.9 Å². The van der Waals surface area contributed by atoms with Crippen molar-refractivity contribution in [3.63, 3.8) is 0 Å². The lowest BCUT2D eigenvalue weighted by Gasteiger charge is -2.10. The van der Waals surface area contributed by atoms with E-state index in [0.29, 0.717) is 12.1 Å². The highest BCUT2D eigenvalue weighted by molar-refractivity contribution is 7.09. The Morgan fingerprint density at radius 1 is 1.30 bits per heavy atom. The normalized spacial score (nSPS) is 10.3. The third-order valence-corrected chi connectivity index (χ3v) is 3.93. The second-order valence-electron chi connectivity index (χ2n) is 4.72. The van der Waals surface area contributed by atoms with Crippen LogP contribution >= 0.6 is 11.3 Å². The van der Waals surface area contributed by atoms with Gasteiger partial charge in [-0.15, -0.1) is 11.3 Å². The molecule has 4 heteroatoms. The average Bonchev–Trinajstić information content (AvgIpc) is 2.96. The molecule has 0 radical (unpaired) electrons. The third kappa shape index (κ3) is 3.84. The van der Waals surface area contributed by atoms with E-state index in [4.69, 9.17) is 0 Å². The Morgan fingerprint density at radius 3 is 2.80 bits per heavy atom. The van der Waals surface area contributed by atoms with Gasteiger partial charge in [0, 0.05) is 22.7 Å². The fourth-order valence-corrected chi connectivity index (χ4v) is 2.59. The van der Waals surface area contributed by atoms with Gasteiger partial charge in [0.2, 0.25) is 0 Å². The molecule has 2 rings (SSSR count). The summed E-state index contributed by atoms with van der Waals surface area (Å²) in [4.78, 5) is 13.3. The van der Waals surface area contributed by atoms with Gasteiger partial charge in [-0.05, 0) is 48.6 Å². The SMILES string of the molecule is CCCNc1ccc(C(=O)NCc2cccs2)cc1C. The molecule has 20 heavy (non-hydrogen) atoms. The summed E-state index contributed by atoms with van der Waals surface area (Å²) >= 11 is 1.65. The molecule has 1 aromatic carbocycles. The molecule has 0 fully saturated rings. The zero-order valence-corrected chi connectivity index (χ0v) is 12.7. The molecular formula is C16H20N2OS. The molecule has 0 atom stereocenters. The molecule has 0 spiro atoms. The van der Waals surface area contributed by atoms with Gasteiger partial charge in [-0.2, -0.15) is 0 Å². The van der Waals surface area contributed by atoms with Crippen molar-refractivity contribution < 1.29 is 4.79 Å². The molecule has 0 bridgehead atoms. The predicted molar refractivity (Wildman–Crippen MR) is 85.4 cm³/mol. The number of hydrogen-bond donors (Lipinski definition) is 2. The fourth-order valence-electron chi connectivity index (χ4n) is 1.95. The van der Waals surface area contributed by atoms with E-state index in [-0.39, 0.29) is 5.91 Å². The lowest BCUT2D eigenvalue weighted by molar-refractivity contribution is 0.0951. The summed E-state index contributed by atoms with van der Waals surface area (Å²) in [5, 5.41) is 8.31. The smallest absolute Gasteiger partial charge is 0.251 e. The van der Waals surface area contributed by atoms with Crippen LogP contribution in [0.2, 0.25) is 0 Å². The molecule has 0 saturated heterocycles. The van der Waals surface area contributed by atoms with Gasteiger partial charge in [0.15, 0.2) is 0 Å². The number of carbonyl (C=O) groups excluding carboxylic acids is 1. The molecule has 2 N–H and O–H groups in total. The number of aryl methyl sites for hydroxylation is 1. The van der Waals surface area contributed by atoms with Crippen LogP contribution in [0.15, 0.2) is 35.7 Å². The quantitative estimate of drug-likeness (QED) is 0.848. The summed E-state index contributed by atoms with van der Waals surface area (Å²) in [6, 6.07) is 9.79. The van der Waals surface area contributed by atoms with E-state index >= 15 is 0 Å². The van der Waals surface area contributed by atoms with Crippen LogP contribution < -0.4 is 10.6 Å². The number of rotatable bonds is 6. The minimum Gasteiger partial charge on any atom is -0.385 e. The molecular weight excluding hydrogens is 268 g/mol. The minimum atomic E-state index is -0.0245. The van der Waals surface area contributed by atoms with Crippen molar-refractivity contribution in [1.29, 1.82) is 0 Å². The Morgan fingerprint density at radius 2 is 2.15 bits per heavy atom. The molecule has 0 saturated carbocycles. The van der Waals surface area contributed by atoms with E-state index in [1.807, 2.05) is 42.6 Å². The first kappa shape index (κ1) is 14.6. The van der Waals surface area contributed by atoms with E-state index in [2.05, 4.69) is 17.6 Å². The molecule has 3 nitrogen and oxygen atoms in total. The third-order valence-electron chi connectivity index (χ3n) is 3.06. The van der Waals surface area contributed by atoms with E-state index < -0.39 is 0 Å². The minimum absolute atomic E-state index is 0.0245. The summed E-state index contributed by atoms with van der Waals surface area (Å²) in [5.74, 6) is -0.0245. The summed E-state index contributed by atoms with van der Waals surface area (Å²) in [7, 11) is 0. The van der Waals surface area contributed by atoms with Gasteiger partial charge in [-0.25, -0.2) is 0 Å². The van der Waals surface area contributed by atoms with Gasteiger partial charge in [-0.3, -0.25) is 4.79 Å². The maximum absolute atomic E-state index is 12.1. The number of carbonyl (C=O) groups is 1. The first-order chi connectivity index (χ1) is 9.70. The monoisotopic (exact) mass is 288 g/mol. The van der Waals surface area contributed by atoms with Crippen molar-refractivity contribution in [1.82, 2.24) is 5.32 Å². The Hall–Kier alpha value is -1.81. The van der Waals surface area contributed by atoms with Crippen LogP contribution in [0.4, 0.5) is 5.69 Å². The number of amides is 1. The van der Waals surface area contributed by atoms with Gasteiger partial charge in [0.25, 0.3) is 5.91 Å². The maximum atomic E-state index is 12.1. The van der Waals surface area contributed by atoms with E-state index in [1.54, 1.807) is 11.3 Å². The number of thiophene rings is 1. The van der Waals surface area contributed by atoms with Gasteiger partial charge in [-0.1, -0.05) is 13.0 Å². The predicted octanol–water partition coefficient (Wildman–Crippen LogP) is 3.81. The number of anilines is 1. The van der Waals surface area contributed by atoms with Gasteiger partial charge in [0.1, 0.15) is 0 Å². The van der Waals surface area contributed by atoms with Crippen LogP contribution in [-0.4, -0.2) is 12.5 Å². The second-order valence-corrected chi connectivity index (χ2v) is 5.75. The number of benzene rings is 1. The van der Waals surface area contributed by atoms with Crippen LogP contribution in [-0.2, 0) is 6.54 Å². The highest BCUT2D eigenvalue weighted by Gasteiger charge is 2.07. The van der Waals surface area contributed by atoms with Crippen molar-refractivity contribution in [2.45, 2.75) is 26.8 Å². The van der Waals surface area contributed by atoms with E-state index in [1.165, 1.54) is 0 Å². The van der Waals surface area contributed by atoms with Crippen molar-refractivity contribution in [2.24, 2.45) is 0 Å². The molecule has 106 valence electrons. The Balaban J connectivity index is 1.97. The molecule has 0 aliphatic heterocycles. The summed E-state index contributed by atoms with van der Waals surface area (Å²) in [5.41, 5.74) is 2.91. The first-order valence-electron chi connectivity index (χ1n) is 6.86. The summed E-state index contributed by atoms with van der Waals surface area (Å²) in [6.07, 6.45) is 1.09. The number of hydrogen-bond acceptors (Lipinski definition) is 3. The molecule has 0 aliphatic rings. The van der Waals surface area contributed by atoms with E-state index in [9.17, 15) is 4.79 Å². The average molecular weight is 288 g/mol. The van der Waals surface area contributed by atoms with Crippen molar-refractivity contribution in [3.8, 4) is 0 Å². The molecule has 2 aromatic rings. The van der Waals surface area contributed by atoms with Gasteiger partial charge >= 0.3 is 0 Å². The lowest BCUT2D eigenvalue weighted by atomic mass is 10.1. The summed E-state index contributed by atoms with van der Waals surface area (Å²) < 4.78 is 0. The van der Waals surface area contributed by atoms with Crippen molar-refractivity contribution in [3.05, 3.63) is 51.7 Å². The summed E-state index contributed by atoms with van der Waals surface area (Å²) in [6.45, 7) is 5.69. The van der Waals surface area contributed by atoms with Gasteiger partial charge in [0.05, 0.1) is 6.54 Å².